The van der Waals surface area contributed by atoms with Crippen molar-refractivity contribution < 1.29 is 31.5 Å². The van der Waals surface area contributed by atoms with Gasteiger partial charge in [0.05, 0.1) is 12.5 Å². The minimum absolute atomic E-state index is 0.0427. The van der Waals surface area contributed by atoms with Crippen LogP contribution in [0, 0.1) is 11.6 Å². The third-order valence-corrected chi connectivity index (χ3v) is 3.97. The van der Waals surface area contributed by atoms with E-state index >= 15 is 0 Å². The number of carbonyl (C=O) groups excluding carboxylic acids is 1. The molecule has 0 radical (unpaired) electrons. The molecule has 0 heterocycles. The summed E-state index contributed by atoms with van der Waals surface area (Å²) in [7, 11) is 3.25. The number of halogens is 5. The highest BCUT2D eigenvalue weighted by atomic mass is 19.4. The number of rotatable bonds is 7. The van der Waals surface area contributed by atoms with Gasteiger partial charge < -0.3 is 15.0 Å². The average molecular weight is 402 g/mol. The van der Waals surface area contributed by atoms with Crippen molar-refractivity contribution in [3.63, 3.8) is 0 Å². The Hall–Kier alpha value is -2.68. The molecule has 0 fully saturated rings. The fourth-order valence-electron chi connectivity index (χ4n) is 2.64. The quantitative estimate of drug-likeness (QED) is 0.716. The molecule has 0 aliphatic carbocycles. The molecule has 2 aromatic carbocycles. The van der Waals surface area contributed by atoms with Crippen LogP contribution in [0.5, 0.6) is 5.75 Å². The molecule has 9 heteroatoms. The van der Waals surface area contributed by atoms with Crippen LogP contribution in [0.2, 0.25) is 0 Å². The van der Waals surface area contributed by atoms with Crippen molar-refractivity contribution in [2.75, 3.05) is 20.6 Å². The van der Waals surface area contributed by atoms with E-state index in [2.05, 4.69) is 10.1 Å². The maximum atomic E-state index is 14.0. The maximum Gasteiger partial charge on any atom is 0.573 e. The standard InChI is InChI=1S/C19H19F5N2O2/c1-26(2)16(18-14(20)4-3-5-15(18)21)11-25-17(27)10-12-6-8-13(9-7-12)28-19(22,23)24/h3-9,16H,10-11H2,1-2H3,(H,25,27). The predicted molar refractivity (Wildman–Crippen MR) is 92.6 cm³/mol. The van der Waals surface area contributed by atoms with Crippen LogP contribution in [0.25, 0.3) is 0 Å². The third-order valence-electron chi connectivity index (χ3n) is 3.97. The van der Waals surface area contributed by atoms with Gasteiger partial charge in [-0.05, 0) is 43.9 Å². The van der Waals surface area contributed by atoms with Crippen LogP contribution in [0.1, 0.15) is 17.2 Å². The minimum atomic E-state index is -4.79. The molecule has 0 aromatic heterocycles. The van der Waals surface area contributed by atoms with Crippen LogP contribution in [0.3, 0.4) is 0 Å². The lowest BCUT2D eigenvalue weighted by atomic mass is 10.0. The van der Waals surface area contributed by atoms with Crippen molar-refractivity contribution in [2.45, 2.75) is 18.8 Å². The van der Waals surface area contributed by atoms with Crippen LogP contribution in [-0.2, 0) is 11.2 Å². The molecule has 28 heavy (non-hydrogen) atoms. The maximum absolute atomic E-state index is 14.0. The lowest BCUT2D eigenvalue weighted by Crippen LogP contribution is -2.36. The van der Waals surface area contributed by atoms with Crippen molar-refractivity contribution in [1.82, 2.24) is 10.2 Å². The van der Waals surface area contributed by atoms with Gasteiger partial charge in [-0.2, -0.15) is 0 Å². The number of ether oxygens (including phenoxy) is 1. The molecule has 152 valence electrons. The molecule has 0 bridgehead atoms. The van der Waals surface area contributed by atoms with Crippen LogP contribution < -0.4 is 10.1 Å². The molecule has 0 spiro atoms. The van der Waals surface area contributed by atoms with E-state index in [4.69, 9.17) is 0 Å². The summed E-state index contributed by atoms with van der Waals surface area (Å²) < 4.78 is 68.2. The topological polar surface area (TPSA) is 41.6 Å². The first kappa shape index (κ1) is 21.6. The van der Waals surface area contributed by atoms with E-state index in [9.17, 15) is 26.7 Å². The molecular formula is C19H19F5N2O2. The Kier molecular flexibility index (Phi) is 6.95. The zero-order chi connectivity index (χ0) is 20.9. The molecule has 1 atom stereocenters. The molecule has 1 N–H and O–H groups in total. The summed E-state index contributed by atoms with van der Waals surface area (Å²) in [5, 5.41) is 2.59. The van der Waals surface area contributed by atoms with E-state index in [-0.39, 0.29) is 24.3 Å². The first-order valence-corrected chi connectivity index (χ1v) is 8.28. The number of benzene rings is 2. The highest BCUT2D eigenvalue weighted by Crippen LogP contribution is 2.24. The Morgan fingerprint density at radius 1 is 1.07 bits per heavy atom. The number of nitrogens with one attached hydrogen (secondary N) is 1. The van der Waals surface area contributed by atoms with Crippen LogP contribution >= 0.6 is 0 Å². The number of carbonyl (C=O) groups is 1. The summed E-state index contributed by atoms with van der Waals surface area (Å²) in [4.78, 5) is 13.7. The number of alkyl halides is 3. The van der Waals surface area contributed by atoms with Gasteiger partial charge >= 0.3 is 6.36 Å². The first-order chi connectivity index (χ1) is 13.1. The fraction of sp³-hybridized carbons (Fsp3) is 0.316. The largest absolute Gasteiger partial charge is 0.573 e. The predicted octanol–water partition coefficient (Wildman–Crippen LogP) is 3.83. The molecule has 2 aromatic rings. The van der Waals surface area contributed by atoms with Crippen LogP contribution in [0.15, 0.2) is 42.5 Å². The monoisotopic (exact) mass is 402 g/mol. The second kappa shape index (κ2) is 9.01. The van der Waals surface area contributed by atoms with Crippen molar-refractivity contribution in [1.29, 1.82) is 0 Å². The fourth-order valence-corrected chi connectivity index (χ4v) is 2.64. The molecule has 0 aliphatic heterocycles. The summed E-state index contributed by atoms with van der Waals surface area (Å²) >= 11 is 0. The summed E-state index contributed by atoms with van der Waals surface area (Å²) in [6, 6.07) is 7.68. The van der Waals surface area contributed by atoms with E-state index in [0.29, 0.717) is 5.56 Å². The van der Waals surface area contributed by atoms with E-state index in [1.54, 1.807) is 19.0 Å². The third kappa shape index (κ3) is 6.19. The summed E-state index contributed by atoms with van der Waals surface area (Å²) in [5.74, 6) is -2.26. The van der Waals surface area contributed by atoms with Gasteiger partial charge in [-0.25, -0.2) is 8.78 Å². The zero-order valence-electron chi connectivity index (χ0n) is 15.2. The van der Waals surface area contributed by atoms with E-state index in [0.717, 1.165) is 24.3 Å². The number of likely N-dealkylation sites (N-methyl/N-ethyl adjacent to an activating group) is 1. The molecule has 4 nitrogen and oxygen atoms in total. The second-order valence-electron chi connectivity index (χ2n) is 6.29. The molecule has 2 rings (SSSR count). The zero-order valence-corrected chi connectivity index (χ0v) is 15.2. The Bertz CT molecular complexity index is 787. The molecule has 0 saturated carbocycles. The minimum Gasteiger partial charge on any atom is -0.406 e. The van der Waals surface area contributed by atoms with Gasteiger partial charge in [-0.15, -0.1) is 13.2 Å². The van der Waals surface area contributed by atoms with Gasteiger partial charge in [0.1, 0.15) is 17.4 Å². The summed E-state index contributed by atoms with van der Waals surface area (Å²) in [6.45, 7) is -0.0427. The number of hydrogen-bond donors (Lipinski definition) is 1. The Morgan fingerprint density at radius 2 is 1.64 bits per heavy atom. The summed E-state index contributed by atoms with van der Waals surface area (Å²) in [6.07, 6.45) is -4.89. The molecule has 0 saturated heterocycles. The van der Waals surface area contributed by atoms with E-state index in [1.807, 2.05) is 0 Å². The van der Waals surface area contributed by atoms with Crippen molar-refractivity contribution in [3.05, 3.63) is 65.2 Å². The molecule has 1 unspecified atom stereocenters. The normalized spacial score (nSPS) is 12.7. The molecule has 1 amide bonds. The Labute approximate surface area is 158 Å². The van der Waals surface area contributed by atoms with Gasteiger partial charge in [0.15, 0.2) is 0 Å². The SMILES string of the molecule is CN(C)C(CNC(=O)Cc1ccc(OC(F)(F)F)cc1)c1c(F)cccc1F. The first-order valence-electron chi connectivity index (χ1n) is 8.28. The molecular weight excluding hydrogens is 383 g/mol. The van der Waals surface area contributed by atoms with E-state index in [1.165, 1.54) is 18.2 Å². The van der Waals surface area contributed by atoms with Gasteiger partial charge in [0.2, 0.25) is 5.91 Å². The van der Waals surface area contributed by atoms with Crippen molar-refractivity contribution in [3.8, 4) is 5.75 Å². The Morgan fingerprint density at radius 3 is 2.14 bits per heavy atom. The van der Waals surface area contributed by atoms with Crippen LogP contribution in [0.4, 0.5) is 22.0 Å². The second-order valence-corrected chi connectivity index (χ2v) is 6.29. The van der Waals surface area contributed by atoms with Gasteiger partial charge in [0.25, 0.3) is 0 Å². The van der Waals surface area contributed by atoms with Gasteiger partial charge in [-0.3, -0.25) is 4.79 Å². The van der Waals surface area contributed by atoms with Gasteiger partial charge in [-0.1, -0.05) is 18.2 Å². The van der Waals surface area contributed by atoms with Crippen molar-refractivity contribution >= 4 is 5.91 Å². The van der Waals surface area contributed by atoms with Crippen molar-refractivity contribution in [2.24, 2.45) is 0 Å². The number of nitrogens with zero attached hydrogens (tertiary/aromatic N) is 1. The number of hydrogen-bond acceptors (Lipinski definition) is 3. The lowest BCUT2D eigenvalue weighted by molar-refractivity contribution is -0.274. The van der Waals surface area contributed by atoms with Crippen LogP contribution in [-0.4, -0.2) is 37.8 Å². The summed E-state index contributed by atoms with van der Waals surface area (Å²) in [5.41, 5.74) is 0.312. The lowest BCUT2D eigenvalue weighted by Gasteiger charge is -2.25. The number of amides is 1. The van der Waals surface area contributed by atoms with Gasteiger partial charge in [0, 0.05) is 12.1 Å². The highest BCUT2D eigenvalue weighted by molar-refractivity contribution is 5.78. The Balaban J connectivity index is 1.98. The highest BCUT2D eigenvalue weighted by Gasteiger charge is 2.31. The van der Waals surface area contributed by atoms with E-state index < -0.39 is 29.9 Å². The molecule has 0 aliphatic rings. The average Bonchev–Trinajstić information content (AvgIpc) is 2.57. The smallest absolute Gasteiger partial charge is 0.406 e.